The molecule has 1 fully saturated rings. The smallest absolute Gasteiger partial charge is 0.408 e. The topological polar surface area (TPSA) is 102 Å². The van der Waals surface area contributed by atoms with Crippen LogP contribution in [-0.2, 0) is 6.54 Å². The predicted molar refractivity (Wildman–Crippen MR) is 116 cm³/mol. The Morgan fingerprint density at radius 2 is 1.90 bits per heavy atom. The largest absolute Gasteiger partial charge is 0.420 e. The number of carbonyl (C=O) groups is 1. The van der Waals surface area contributed by atoms with E-state index in [4.69, 9.17) is 4.42 Å². The van der Waals surface area contributed by atoms with Gasteiger partial charge in [0.2, 0.25) is 0 Å². The summed E-state index contributed by atoms with van der Waals surface area (Å²) in [6.07, 6.45) is 0.411. The molecule has 31 heavy (non-hydrogen) atoms. The van der Waals surface area contributed by atoms with E-state index in [9.17, 15) is 19.7 Å². The van der Waals surface area contributed by atoms with Gasteiger partial charge in [-0.3, -0.25) is 19.5 Å². The molecule has 0 aliphatic carbocycles. The van der Waals surface area contributed by atoms with Gasteiger partial charge in [0.1, 0.15) is 0 Å². The van der Waals surface area contributed by atoms with E-state index in [1.165, 1.54) is 16.7 Å². The molecule has 162 valence electrons. The van der Waals surface area contributed by atoms with Crippen LogP contribution in [0.2, 0.25) is 0 Å². The number of likely N-dealkylation sites (N-methyl/N-ethyl adjacent to an activating group) is 1. The minimum Gasteiger partial charge on any atom is -0.408 e. The fourth-order valence-electron chi connectivity index (χ4n) is 3.82. The van der Waals surface area contributed by atoms with E-state index in [0.717, 1.165) is 26.2 Å². The van der Waals surface area contributed by atoms with Crippen LogP contribution in [0.5, 0.6) is 0 Å². The predicted octanol–water partition coefficient (Wildman–Crippen LogP) is 2.37. The molecule has 1 saturated heterocycles. The third-order valence-corrected chi connectivity index (χ3v) is 5.70. The van der Waals surface area contributed by atoms with Gasteiger partial charge in [0.05, 0.1) is 17.0 Å². The molecule has 0 amide bonds. The van der Waals surface area contributed by atoms with Crippen molar-refractivity contribution in [2.45, 2.75) is 13.0 Å². The number of non-ortho nitro benzene ring substituents is 1. The highest BCUT2D eigenvalue weighted by Crippen LogP contribution is 2.19. The van der Waals surface area contributed by atoms with Gasteiger partial charge in [-0.05, 0) is 30.8 Å². The fourth-order valence-corrected chi connectivity index (χ4v) is 3.82. The van der Waals surface area contributed by atoms with E-state index >= 15 is 0 Å². The number of hydrogen-bond donors (Lipinski definition) is 0. The van der Waals surface area contributed by atoms with E-state index in [2.05, 4.69) is 16.8 Å². The number of nitrogens with zero attached hydrogens (tertiary/aromatic N) is 4. The number of nitro benzene ring substituents is 1. The highest BCUT2D eigenvalue weighted by Gasteiger charge is 2.17. The molecule has 3 aromatic rings. The lowest BCUT2D eigenvalue weighted by Crippen LogP contribution is -2.45. The summed E-state index contributed by atoms with van der Waals surface area (Å²) < 4.78 is 6.76. The number of piperazine rings is 1. The lowest BCUT2D eigenvalue weighted by Gasteiger charge is -2.32. The zero-order valence-corrected chi connectivity index (χ0v) is 17.3. The number of hydrogen-bond acceptors (Lipinski definition) is 7. The number of aromatic nitrogens is 1. The van der Waals surface area contributed by atoms with E-state index in [0.29, 0.717) is 35.2 Å². The molecule has 0 saturated carbocycles. The number of carbonyl (C=O) groups excluding carboxylic acids is 1. The summed E-state index contributed by atoms with van der Waals surface area (Å²) in [7, 11) is 2.09. The highest BCUT2D eigenvalue weighted by molar-refractivity contribution is 5.98. The molecule has 1 aliphatic heterocycles. The Morgan fingerprint density at radius 1 is 1.13 bits per heavy atom. The molecule has 0 radical (unpaired) electrons. The highest BCUT2D eigenvalue weighted by atomic mass is 16.6. The molecule has 0 spiro atoms. The van der Waals surface area contributed by atoms with Gasteiger partial charge in [-0.2, -0.15) is 0 Å². The van der Waals surface area contributed by atoms with Gasteiger partial charge in [-0.25, -0.2) is 4.79 Å². The number of ketones is 1. The first-order valence-corrected chi connectivity index (χ1v) is 10.2. The molecule has 1 aromatic heterocycles. The second kappa shape index (κ2) is 8.83. The summed E-state index contributed by atoms with van der Waals surface area (Å²) in [6, 6.07) is 11.1. The Kier molecular flexibility index (Phi) is 5.97. The van der Waals surface area contributed by atoms with Crippen LogP contribution >= 0.6 is 0 Å². The van der Waals surface area contributed by atoms with Gasteiger partial charge in [-0.1, -0.05) is 12.1 Å². The zero-order valence-electron chi connectivity index (χ0n) is 17.3. The average molecular weight is 424 g/mol. The third-order valence-electron chi connectivity index (χ3n) is 5.70. The van der Waals surface area contributed by atoms with E-state index in [-0.39, 0.29) is 18.0 Å². The molecule has 4 rings (SSSR count). The quantitative estimate of drug-likeness (QED) is 0.326. The number of benzene rings is 2. The first-order valence-electron chi connectivity index (χ1n) is 10.2. The van der Waals surface area contributed by atoms with E-state index in [1.54, 1.807) is 30.3 Å². The van der Waals surface area contributed by atoms with Crippen molar-refractivity contribution in [2.75, 3.05) is 39.8 Å². The van der Waals surface area contributed by atoms with Gasteiger partial charge in [-0.15, -0.1) is 0 Å². The second-order valence-corrected chi connectivity index (χ2v) is 7.88. The normalized spacial score (nSPS) is 15.4. The summed E-state index contributed by atoms with van der Waals surface area (Å²) >= 11 is 0. The molecule has 2 heterocycles. The molecule has 0 unspecified atom stereocenters. The monoisotopic (exact) mass is 424 g/mol. The summed E-state index contributed by atoms with van der Waals surface area (Å²) in [5.74, 6) is -0.557. The van der Waals surface area contributed by atoms with Crippen molar-refractivity contribution in [1.82, 2.24) is 14.4 Å². The number of nitro groups is 1. The van der Waals surface area contributed by atoms with Crippen molar-refractivity contribution < 1.29 is 14.1 Å². The lowest BCUT2D eigenvalue weighted by molar-refractivity contribution is -0.384. The molecule has 0 N–H and O–H groups in total. The molecular weight excluding hydrogens is 400 g/mol. The molecule has 0 atom stereocenters. The Labute approximate surface area is 178 Å². The Balaban J connectivity index is 1.49. The number of fused-ring (bicyclic) bond motifs is 1. The first kappa shape index (κ1) is 21.0. The van der Waals surface area contributed by atoms with Crippen molar-refractivity contribution in [3.05, 3.63) is 74.3 Å². The molecule has 0 bridgehead atoms. The van der Waals surface area contributed by atoms with Crippen LogP contribution in [0.1, 0.15) is 22.3 Å². The Hall–Kier alpha value is -3.30. The Morgan fingerprint density at radius 3 is 2.65 bits per heavy atom. The van der Waals surface area contributed by atoms with Crippen LogP contribution in [-0.4, -0.2) is 64.8 Å². The second-order valence-electron chi connectivity index (χ2n) is 7.88. The zero-order chi connectivity index (χ0) is 22.0. The van der Waals surface area contributed by atoms with Crippen molar-refractivity contribution in [3.8, 4) is 0 Å². The van der Waals surface area contributed by atoms with Gasteiger partial charge in [0.15, 0.2) is 11.4 Å². The van der Waals surface area contributed by atoms with Crippen molar-refractivity contribution in [3.63, 3.8) is 0 Å². The van der Waals surface area contributed by atoms with Crippen LogP contribution in [0.25, 0.3) is 11.1 Å². The van der Waals surface area contributed by atoms with E-state index in [1.807, 2.05) is 0 Å². The SMILES string of the molecule is CN1CCN(CCC(=O)c2ccc3c(c2)oc(=O)n3Cc2cccc([N+](=O)[O-])c2)CC1. The van der Waals surface area contributed by atoms with Gasteiger partial charge in [0.25, 0.3) is 5.69 Å². The number of Topliss-reactive ketones (excluding diaryl/α,β-unsaturated/α-hetero) is 1. The number of rotatable bonds is 7. The van der Waals surface area contributed by atoms with Crippen LogP contribution in [0, 0.1) is 10.1 Å². The molecule has 1 aliphatic rings. The van der Waals surface area contributed by atoms with Crippen LogP contribution in [0.15, 0.2) is 51.7 Å². The summed E-state index contributed by atoms with van der Waals surface area (Å²) in [4.78, 5) is 40.1. The maximum absolute atomic E-state index is 12.7. The molecular formula is C22H24N4O5. The molecule has 9 nitrogen and oxygen atoms in total. The summed E-state index contributed by atoms with van der Waals surface area (Å²) in [5, 5.41) is 11.0. The van der Waals surface area contributed by atoms with Crippen LogP contribution < -0.4 is 5.76 Å². The minimum absolute atomic E-state index is 0.00918. The van der Waals surface area contributed by atoms with Crippen molar-refractivity contribution in [2.24, 2.45) is 0 Å². The summed E-state index contributed by atoms with van der Waals surface area (Å²) in [5.41, 5.74) is 1.98. The molecule has 2 aromatic carbocycles. The minimum atomic E-state index is -0.566. The van der Waals surface area contributed by atoms with Gasteiger partial charge >= 0.3 is 5.76 Å². The standard InChI is InChI=1S/C22H24N4O5/c1-23-9-11-24(12-10-23)8-7-20(27)17-5-6-19-21(14-17)31-22(28)25(19)15-16-3-2-4-18(13-16)26(29)30/h2-6,13-14H,7-12,15H2,1H3. The lowest BCUT2D eigenvalue weighted by atomic mass is 10.1. The van der Waals surface area contributed by atoms with Crippen LogP contribution in [0.3, 0.4) is 0 Å². The van der Waals surface area contributed by atoms with E-state index < -0.39 is 10.7 Å². The van der Waals surface area contributed by atoms with Crippen molar-refractivity contribution >= 4 is 22.6 Å². The number of oxazole rings is 1. The first-order chi connectivity index (χ1) is 14.9. The third kappa shape index (κ3) is 4.73. The average Bonchev–Trinajstić information content (AvgIpc) is 3.07. The van der Waals surface area contributed by atoms with Crippen molar-refractivity contribution in [1.29, 1.82) is 0 Å². The maximum Gasteiger partial charge on any atom is 0.420 e. The van der Waals surface area contributed by atoms with Gasteiger partial charge < -0.3 is 14.2 Å². The van der Waals surface area contributed by atoms with Crippen LogP contribution in [0.4, 0.5) is 5.69 Å². The maximum atomic E-state index is 12.7. The summed E-state index contributed by atoms with van der Waals surface area (Å²) in [6.45, 7) is 4.77. The fraction of sp³-hybridized carbons (Fsp3) is 0.364. The van der Waals surface area contributed by atoms with Gasteiger partial charge in [0, 0.05) is 56.8 Å². The molecule has 9 heteroatoms. The Bertz CT molecular complexity index is 1170.